The Kier molecular flexibility index (Phi) is 6.35. The summed E-state index contributed by atoms with van der Waals surface area (Å²) < 4.78 is 6.41. The van der Waals surface area contributed by atoms with Crippen LogP contribution in [0.3, 0.4) is 0 Å². The molecule has 3 aliphatic rings. The number of benzene rings is 5. The third kappa shape index (κ3) is 4.31. The molecule has 1 aliphatic heterocycles. The Labute approximate surface area is 281 Å². The molecule has 0 N–H and O–H groups in total. The van der Waals surface area contributed by atoms with Crippen LogP contribution >= 0.6 is 0 Å². The minimum atomic E-state index is -0.113. The van der Waals surface area contributed by atoms with Crippen LogP contribution in [0.2, 0.25) is 0 Å². The van der Waals surface area contributed by atoms with E-state index in [1.54, 1.807) is 0 Å². The van der Waals surface area contributed by atoms with Crippen molar-refractivity contribution in [3.63, 3.8) is 0 Å². The molecule has 0 saturated heterocycles. The average molecular weight is 621 g/mol. The van der Waals surface area contributed by atoms with Crippen LogP contribution in [-0.2, 0) is 5.41 Å². The number of furan rings is 1. The van der Waals surface area contributed by atoms with Crippen LogP contribution < -0.4 is 4.90 Å². The Morgan fingerprint density at radius 2 is 1.52 bits per heavy atom. The van der Waals surface area contributed by atoms with Gasteiger partial charge in [-0.1, -0.05) is 93.3 Å². The van der Waals surface area contributed by atoms with Gasteiger partial charge in [0.2, 0.25) is 0 Å². The van der Waals surface area contributed by atoms with Crippen molar-refractivity contribution in [3.8, 4) is 11.1 Å². The summed E-state index contributed by atoms with van der Waals surface area (Å²) in [5.74, 6) is 0.209. The number of aliphatic imine (C=N–C) groups is 1. The van der Waals surface area contributed by atoms with Gasteiger partial charge in [-0.15, -0.1) is 0 Å². The highest BCUT2D eigenvalue weighted by Gasteiger charge is 2.36. The fourth-order valence-corrected chi connectivity index (χ4v) is 7.95. The predicted molar refractivity (Wildman–Crippen MR) is 202 cm³/mol. The first-order valence-electron chi connectivity index (χ1n) is 16.8. The summed E-state index contributed by atoms with van der Waals surface area (Å²) in [6.45, 7) is 11.1. The van der Waals surface area contributed by atoms with Crippen molar-refractivity contribution in [2.75, 3.05) is 4.90 Å². The number of hydrogen-bond donors (Lipinski definition) is 0. The van der Waals surface area contributed by atoms with E-state index in [0.717, 1.165) is 68.0 Å². The monoisotopic (exact) mass is 620 g/mol. The van der Waals surface area contributed by atoms with Crippen molar-refractivity contribution in [2.24, 2.45) is 4.99 Å². The van der Waals surface area contributed by atoms with Crippen molar-refractivity contribution >= 4 is 50.4 Å². The van der Waals surface area contributed by atoms with Crippen molar-refractivity contribution in [1.82, 2.24) is 0 Å². The number of nitrogens with zero attached hydrogens (tertiary/aromatic N) is 2. The maximum atomic E-state index is 6.41. The zero-order valence-corrected chi connectivity index (χ0v) is 27.5. The number of fused-ring (bicyclic) bond motifs is 9. The van der Waals surface area contributed by atoms with Gasteiger partial charge in [0.1, 0.15) is 11.2 Å². The third-order valence-corrected chi connectivity index (χ3v) is 10.4. The lowest BCUT2D eigenvalue weighted by atomic mass is 9.82. The molecule has 1 aromatic heterocycles. The average Bonchev–Trinajstić information content (AvgIpc) is 3.59. The second-order valence-electron chi connectivity index (χ2n) is 13.6. The highest BCUT2D eigenvalue weighted by atomic mass is 16.3. The van der Waals surface area contributed by atoms with Crippen LogP contribution in [0.25, 0.3) is 33.1 Å². The SMILES string of the molecule is C=C1C2=CC(CC=C2)c2cc(N(c3ccc4c(c3)C(C)(C)c3ccccc3-4)c3ccc4c(c3)oc3ccccc34)ccc2N=C1/C=C\C. The maximum Gasteiger partial charge on any atom is 0.137 e. The van der Waals surface area contributed by atoms with Gasteiger partial charge < -0.3 is 9.32 Å². The van der Waals surface area contributed by atoms with Crippen molar-refractivity contribution in [1.29, 1.82) is 0 Å². The molecular weight excluding hydrogens is 585 g/mol. The normalized spacial score (nSPS) is 17.5. The molecule has 3 heteroatoms. The molecule has 2 aliphatic carbocycles. The lowest BCUT2D eigenvalue weighted by molar-refractivity contribution is 0.660. The Morgan fingerprint density at radius 3 is 2.42 bits per heavy atom. The van der Waals surface area contributed by atoms with E-state index in [1.165, 1.54) is 27.8 Å². The number of allylic oxidation sites excluding steroid dienone is 7. The van der Waals surface area contributed by atoms with E-state index in [1.807, 2.05) is 25.1 Å². The van der Waals surface area contributed by atoms with Gasteiger partial charge in [-0.3, -0.25) is 0 Å². The van der Waals surface area contributed by atoms with Crippen LogP contribution in [-0.4, -0.2) is 5.71 Å². The summed E-state index contributed by atoms with van der Waals surface area (Å²) in [6, 6.07) is 37.4. The first-order valence-corrected chi connectivity index (χ1v) is 16.8. The Hall–Kier alpha value is -5.67. The summed E-state index contributed by atoms with van der Waals surface area (Å²) in [6.07, 6.45) is 11.8. The molecular formula is C45H36N2O. The lowest BCUT2D eigenvalue weighted by Crippen LogP contribution is -2.17. The molecule has 0 fully saturated rings. The van der Waals surface area contributed by atoms with Crippen molar-refractivity contribution in [2.45, 2.75) is 38.5 Å². The molecule has 48 heavy (non-hydrogen) atoms. The summed E-state index contributed by atoms with van der Waals surface area (Å²) in [5.41, 5.74) is 15.5. The highest BCUT2D eigenvalue weighted by Crippen LogP contribution is 2.51. The van der Waals surface area contributed by atoms with E-state index in [9.17, 15) is 0 Å². The summed E-state index contributed by atoms with van der Waals surface area (Å²) >= 11 is 0. The summed E-state index contributed by atoms with van der Waals surface area (Å²) in [7, 11) is 0. The molecule has 0 radical (unpaired) electrons. The van der Waals surface area contributed by atoms with Gasteiger partial charge in [0, 0.05) is 45.2 Å². The lowest BCUT2D eigenvalue weighted by Gasteiger charge is -2.30. The second kappa shape index (κ2) is 10.7. The summed E-state index contributed by atoms with van der Waals surface area (Å²) in [4.78, 5) is 7.55. The van der Waals surface area contributed by atoms with Crippen LogP contribution in [0.4, 0.5) is 22.7 Å². The van der Waals surface area contributed by atoms with E-state index in [0.29, 0.717) is 0 Å². The standard InChI is InChI=1S/C45H36N2O/c1-5-11-41-28(2)29-12-10-13-30(24-29)38-25-31(20-23-42(38)46-41)47(33-19-22-37-36-15-7-9-17-43(36)48-44(37)27-33)32-18-21-35-34-14-6-8-16-39(34)45(3,4)40(35)26-32/h5-12,14-27,30H,2,13H2,1,3-4H3/b11-5-,46-41?. The van der Waals surface area contributed by atoms with E-state index >= 15 is 0 Å². The quantitative estimate of drug-likeness (QED) is 0.196. The van der Waals surface area contributed by atoms with Gasteiger partial charge in [0.25, 0.3) is 0 Å². The minimum Gasteiger partial charge on any atom is -0.456 e. The Balaban J connectivity index is 1.26. The topological polar surface area (TPSA) is 28.7 Å². The second-order valence-corrected chi connectivity index (χ2v) is 13.6. The largest absolute Gasteiger partial charge is 0.456 e. The molecule has 0 amide bonds. The molecule has 6 aromatic rings. The minimum absolute atomic E-state index is 0.113. The molecule has 1 unspecified atom stereocenters. The van der Waals surface area contributed by atoms with Gasteiger partial charge in [-0.05, 0) is 107 Å². The molecule has 5 aromatic carbocycles. The summed E-state index contributed by atoms with van der Waals surface area (Å²) in [5, 5.41) is 2.25. The fourth-order valence-electron chi connectivity index (χ4n) is 7.95. The van der Waals surface area contributed by atoms with E-state index in [4.69, 9.17) is 9.41 Å². The predicted octanol–water partition coefficient (Wildman–Crippen LogP) is 12.6. The number of para-hydroxylation sites is 1. The van der Waals surface area contributed by atoms with E-state index in [2.05, 4.69) is 141 Å². The molecule has 2 heterocycles. The fraction of sp³-hybridized carbons (Fsp3) is 0.133. The number of rotatable bonds is 4. The van der Waals surface area contributed by atoms with Crippen molar-refractivity contribution < 1.29 is 4.42 Å². The van der Waals surface area contributed by atoms with Crippen LogP contribution in [0, 0.1) is 0 Å². The zero-order chi connectivity index (χ0) is 32.6. The molecule has 3 nitrogen and oxygen atoms in total. The van der Waals surface area contributed by atoms with Crippen LogP contribution in [0.1, 0.15) is 49.8 Å². The van der Waals surface area contributed by atoms with Gasteiger partial charge in [-0.25, -0.2) is 4.99 Å². The first kappa shape index (κ1) is 28.5. The maximum absolute atomic E-state index is 6.41. The molecule has 0 saturated carbocycles. The number of anilines is 3. The van der Waals surface area contributed by atoms with Gasteiger partial charge in [0.05, 0.1) is 11.4 Å². The molecule has 0 spiro atoms. The zero-order valence-electron chi connectivity index (χ0n) is 27.5. The third-order valence-electron chi connectivity index (χ3n) is 10.4. The molecule has 9 rings (SSSR count). The van der Waals surface area contributed by atoms with Crippen LogP contribution in [0.5, 0.6) is 0 Å². The van der Waals surface area contributed by atoms with Gasteiger partial charge in [-0.2, -0.15) is 0 Å². The highest BCUT2D eigenvalue weighted by molar-refractivity contribution is 6.13. The molecule has 2 bridgehead atoms. The van der Waals surface area contributed by atoms with E-state index < -0.39 is 0 Å². The molecule has 232 valence electrons. The van der Waals surface area contributed by atoms with Gasteiger partial charge >= 0.3 is 0 Å². The van der Waals surface area contributed by atoms with Crippen molar-refractivity contribution in [3.05, 3.63) is 168 Å². The Bertz CT molecular complexity index is 2450. The van der Waals surface area contributed by atoms with Gasteiger partial charge in [0.15, 0.2) is 0 Å². The van der Waals surface area contributed by atoms with Crippen LogP contribution in [0.15, 0.2) is 161 Å². The Morgan fingerprint density at radius 1 is 0.792 bits per heavy atom. The van der Waals surface area contributed by atoms with E-state index in [-0.39, 0.29) is 11.3 Å². The smallest absolute Gasteiger partial charge is 0.137 e. The molecule has 1 atom stereocenters. The first-order chi connectivity index (χ1) is 23.4. The number of hydrogen-bond acceptors (Lipinski definition) is 3.